The molecule has 128 valence electrons. The molecule has 24 heavy (non-hydrogen) atoms. The molecule has 2 N–H and O–H groups in total. The first-order valence-electron chi connectivity index (χ1n) is 7.96. The number of carbonyl (C=O) groups is 2. The van der Waals surface area contributed by atoms with Crippen molar-refractivity contribution in [1.29, 1.82) is 0 Å². The maximum absolute atomic E-state index is 12.3. The van der Waals surface area contributed by atoms with Crippen LogP contribution in [0.4, 0.5) is 0 Å². The SMILES string of the molecule is CCCC(CNC(=O)CCn1cnc2ccccc2c1=O)C(=O)O. The summed E-state index contributed by atoms with van der Waals surface area (Å²) in [6.07, 6.45) is 2.78. The quantitative estimate of drug-likeness (QED) is 0.761. The van der Waals surface area contributed by atoms with Gasteiger partial charge < -0.3 is 10.4 Å². The fraction of sp³-hybridized carbons (Fsp3) is 0.412. The van der Waals surface area contributed by atoms with Gasteiger partial charge in [-0.25, -0.2) is 4.98 Å². The number of hydrogen-bond acceptors (Lipinski definition) is 4. The van der Waals surface area contributed by atoms with Crippen LogP contribution in [0.1, 0.15) is 26.2 Å². The zero-order chi connectivity index (χ0) is 17.5. The normalized spacial score (nSPS) is 12.0. The van der Waals surface area contributed by atoms with E-state index in [-0.39, 0.29) is 31.0 Å². The van der Waals surface area contributed by atoms with Crippen molar-refractivity contribution in [3.8, 4) is 0 Å². The molecule has 0 bridgehead atoms. The van der Waals surface area contributed by atoms with Crippen LogP contribution in [-0.2, 0) is 16.1 Å². The number of aromatic nitrogens is 2. The summed E-state index contributed by atoms with van der Waals surface area (Å²) >= 11 is 0. The van der Waals surface area contributed by atoms with Crippen LogP contribution in [0.2, 0.25) is 0 Å². The molecule has 2 rings (SSSR count). The summed E-state index contributed by atoms with van der Waals surface area (Å²) in [5, 5.41) is 12.2. The van der Waals surface area contributed by atoms with Crippen molar-refractivity contribution in [1.82, 2.24) is 14.9 Å². The topological polar surface area (TPSA) is 101 Å². The van der Waals surface area contributed by atoms with Gasteiger partial charge >= 0.3 is 5.97 Å². The van der Waals surface area contributed by atoms with Gasteiger partial charge in [-0.3, -0.25) is 19.0 Å². The molecule has 0 aliphatic carbocycles. The first kappa shape index (κ1) is 17.7. The summed E-state index contributed by atoms with van der Waals surface area (Å²) in [4.78, 5) is 39.4. The number of benzene rings is 1. The molecule has 2 aromatic rings. The molecule has 0 saturated carbocycles. The largest absolute Gasteiger partial charge is 0.481 e. The Kier molecular flexibility index (Phi) is 6.06. The minimum Gasteiger partial charge on any atom is -0.481 e. The molecule has 0 radical (unpaired) electrons. The molecule has 1 aromatic carbocycles. The molecular formula is C17H21N3O4. The molecule has 1 aromatic heterocycles. The summed E-state index contributed by atoms with van der Waals surface area (Å²) < 4.78 is 1.39. The van der Waals surface area contributed by atoms with Gasteiger partial charge in [0.15, 0.2) is 0 Å². The molecule has 0 saturated heterocycles. The van der Waals surface area contributed by atoms with Gasteiger partial charge in [0.25, 0.3) is 5.56 Å². The number of carboxylic acid groups (broad SMARTS) is 1. The number of rotatable bonds is 8. The van der Waals surface area contributed by atoms with Crippen molar-refractivity contribution in [2.24, 2.45) is 5.92 Å². The second-order valence-corrected chi connectivity index (χ2v) is 5.64. The van der Waals surface area contributed by atoms with E-state index in [4.69, 9.17) is 5.11 Å². The van der Waals surface area contributed by atoms with Crippen molar-refractivity contribution in [2.45, 2.75) is 32.7 Å². The molecule has 1 unspecified atom stereocenters. The Bertz CT molecular complexity index is 785. The summed E-state index contributed by atoms with van der Waals surface area (Å²) in [6.45, 7) is 2.21. The minimum absolute atomic E-state index is 0.0956. The Morgan fingerprint density at radius 2 is 2.08 bits per heavy atom. The molecule has 0 aliphatic rings. The smallest absolute Gasteiger partial charge is 0.308 e. The highest BCUT2D eigenvalue weighted by atomic mass is 16.4. The molecule has 1 amide bonds. The number of fused-ring (bicyclic) bond motifs is 1. The van der Waals surface area contributed by atoms with Crippen LogP contribution in [-0.4, -0.2) is 33.1 Å². The van der Waals surface area contributed by atoms with Crippen molar-refractivity contribution in [3.05, 3.63) is 40.9 Å². The number of para-hydroxylation sites is 1. The maximum atomic E-state index is 12.3. The Hall–Kier alpha value is -2.70. The lowest BCUT2D eigenvalue weighted by molar-refractivity contribution is -0.141. The second kappa shape index (κ2) is 8.24. The van der Waals surface area contributed by atoms with E-state index >= 15 is 0 Å². The zero-order valence-electron chi connectivity index (χ0n) is 13.6. The Balaban J connectivity index is 1.93. The van der Waals surface area contributed by atoms with Crippen LogP contribution in [0.3, 0.4) is 0 Å². The molecule has 0 aliphatic heterocycles. The highest BCUT2D eigenvalue weighted by Crippen LogP contribution is 2.06. The average molecular weight is 331 g/mol. The van der Waals surface area contributed by atoms with Crippen LogP contribution >= 0.6 is 0 Å². The van der Waals surface area contributed by atoms with E-state index in [2.05, 4.69) is 10.3 Å². The molecule has 7 nitrogen and oxygen atoms in total. The molecule has 1 heterocycles. The third-order valence-corrected chi connectivity index (χ3v) is 3.84. The van der Waals surface area contributed by atoms with E-state index in [9.17, 15) is 14.4 Å². The second-order valence-electron chi connectivity index (χ2n) is 5.64. The molecule has 1 atom stereocenters. The Labute approximate surface area is 139 Å². The summed E-state index contributed by atoms with van der Waals surface area (Å²) in [5.74, 6) is -1.77. The lowest BCUT2D eigenvalue weighted by Gasteiger charge is -2.12. The van der Waals surface area contributed by atoms with Gasteiger partial charge in [0.1, 0.15) is 0 Å². The van der Waals surface area contributed by atoms with Crippen LogP contribution in [0.15, 0.2) is 35.4 Å². The standard InChI is InChI=1S/C17H21N3O4/c1-2-5-12(17(23)24)10-18-15(21)8-9-20-11-19-14-7-4-3-6-13(14)16(20)22/h3-4,6-7,11-12H,2,5,8-10H2,1H3,(H,18,21)(H,23,24). The minimum atomic E-state index is -0.910. The van der Waals surface area contributed by atoms with E-state index in [1.807, 2.05) is 13.0 Å². The fourth-order valence-electron chi connectivity index (χ4n) is 2.47. The monoisotopic (exact) mass is 331 g/mol. The van der Waals surface area contributed by atoms with Gasteiger partial charge in [-0.05, 0) is 18.6 Å². The van der Waals surface area contributed by atoms with Gasteiger partial charge in [0.05, 0.1) is 23.1 Å². The van der Waals surface area contributed by atoms with E-state index in [0.29, 0.717) is 17.3 Å². The number of aliphatic carboxylic acids is 1. The van der Waals surface area contributed by atoms with E-state index < -0.39 is 11.9 Å². The van der Waals surface area contributed by atoms with Gasteiger partial charge in [-0.2, -0.15) is 0 Å². The van der Waals surface area contributed by atoms with E-state index in [1.165, 1.54) is 10.9 Å². The predicted molar refractivity (Wildman–Crippen MR) is 89.7 cm³/mol. The van der Waals surface area contributed by atoms with Crippen molar-refractivity contribution in [3.63, 3.8) is 0 Å². The highest BCUT2D eigenvalue weighted by molar-refractivity contribution is 5.78. The van der Waals surface area contributed by atoms with Gasteiger partial charge in [-0.15, -0.1) is 0 Å². The van der Waals surface area contributed by atoms with Gasteiger partial charge in [-0.1, -0.05) is 25.5 Å². The predicted octanol–water partition coefficient (Wildman–Crippen LogP) is 1.40. The van der Waals surface area contributed by atoms with Gasteiger partial charge in [0, 0.05) is 19.5 Å². The third kappa shape index (κ3) is 4.41. The van der Waals surface area contributed by atoms with Crippen LogP contribution in [0.25, 0.3) is 10.9 Å². The third-order valence-electron chi connectivity index (χ3n) is 3.84. The van der Waals surface area contributed by atoms with E-state index in [0.717, 1.165) is 6.42 Å². The summed E-state index contributed by atoms with van der Waals surface area (Å²) in [7, 11) is 0. The number of aryl methyl sites for hydroxylation is 1. The van der Waals surface area contributed by atoms with Crippen molar-refractivity contribution >= 4 is 22.8 Å². The number of amides is 1. The zero-order valence-corrected chi connectivity index (χ0v) is 13.6. The van der Waals surface area contributed by atoms with Crippen molar-refractivity contribution < 1.29 is 14.7 Å². The number of nitrogens with one attached hydrogen (secondary N) is 1. The van der Waals surface area contributed by atoms with Crippen LogP contribution < -0.4 is 10.9 Å². The Morgan fingerprint density at radius 3 is 2.79 bits per heavy atom. The van der Waals surface area contributed by atoms with Crippen LogP contribution in [0, 0.1) is 5.92 Å². The number of hydrogen-bond donors (Lipinski definition) is 2. The lowest BCUT2D eigenvalue weighted by atomic mass is 10.0. The fourth-order valence-corrected chi connectivity index (χ4v) is 2.47. The molecular weight excluding hydrogens is 310 g/mol. The summed E-state index contributed by atoms with van der Waals surface area (Å²) in [6, 6.07) is 7.03. The maximum Gasteiger partial charge on any atom is 0.308 e. The van der Waals surface area contributed by atoms with Crippen LogP contribution in [0.5, 0.6) is 0 Å². The molecule has 0 spiro atoms. The lowest BCUT2D eigenvalue weighted by Crippen LogP contribution is -2.34. The number of nitrogens with zero attached hydrogens (tertiary/aromatic N) is 2. The summed E-state index contributed by atoms with van der Waals surface area (Å²) in [5.41, 5.74) is 0.426. The number of carboxylic acids is 1. The van der Waals surface area contributed by atoms with E-state index in [1.54, 1.807) is 18.2 Å². The Morgan fingerprint density at radius 1 is 1.33 bits per heavy atom. The average Bonchev–Trinajstić information content (AvgIpc) is 2.58. The molecule has 7 heteroatoms. The van der Waals surface area contributed by atoms with Crippen molar-refractivity contribution in [2.75, 3.05) is 6.54 Å². The number of carbonyl (C=O) groups excluding carboxylic acids is 1. The molecule has 0 fully saturated rings. The first-order valence-corrected chi connectivity index (χ1v) is 7.96. The first-order chi connectivity index (χ1) is 11.5. The van der Waals surface area contributed by atoms with Gasteiger partial charge in [0.2, 0.25) is 5.91 Å². The highest BCUT2D eigenvalue weighted by Gasteiger charge is 2.17.